The highest BCUT2D eigenvalue weighted by molar-refractivity contribution is 6.58. The molecule has 1 aromatic rings. The minimum absolute atomic E-state index is 0.896. The second-order valence-electron chi connectivity index (χ2n) is 4.13. The van der Waals surface area contributed by atoms with Crippen LogP contribution in [0.1, 0.15) is 32.3 Å². The van der Waals surface area contributed by atoms with E-state index in [0.29, 0.717) is 0 Å². The lowest BCUT2D eigenvalue weighted by molar-refractivity contribution is 0.988. The number of rotatable bonds is 6. The van der Waals surface area contributed by atoms with E-state index in [1.807, 2.05) is 0 Å². The van der Waals surface area contributed by atoms with Crippen LogP contribution in [0.25, 0.3) is 0 Å². The molecule has 0 heterocycles. The van der Waals surface area contributed by atoms with Crippen molar-refractivity contribution in [2.24, 2.45) is 0 Å². The van der Waals surface area contributed by atoms with Crippen LogP contribution < -0.4 is 0 Å². The summed E-state index contributed by atoms with van der Waals surface area (Å²) < 4.78 is 0. The summed E-state index contributed by atoms with van der Waals surface area (Å²) in [7, 11) is 0. The molecule has 0 aromatic heterocycles. The van der Waals surface area contributed by atoms with Crippen molar-refractivity contribution in [3.05, 3.63) is 35.9 Å². The standard InChI is InChI=1S/C13H21B/c1-3-10-14(11-4-2)12-13-8-6-5-7-9-13/h5-9H,3-4,10-12H2,1-2H3. The molecule has 0 bridgehead atoms. The topological polar surface area (TPSA) is 0 Å². The van der Waals surface area contributed by atoms with Crippen LogP contribution in [0.3, 0.4) is 0 Å². The molecular weight excluding hydrogens is 167 g/mol. The lowest BCUT2D eigenvalue weighted by atomic mass is 9.41. The summed E-state index contributed by atoms with van der Waals surface area (Å²) in [6.45, 7) is 5.47. The van der Waals surface area contributed by atoms with Gasteiger partial charge in [-0.15, -0.1) is 0 Å². The monoisotopic (exact) mass is 188 g/mol. The molecule has 0 aliphatic heterocycles. The lowest BCUT2D eigenvalue weighted by Gasteiger charge is -2.11. The summed E-state index contributed by atoms with van der Waals surface area (Å²) in [6.07, 6.45) is 6.66. The Morgan fingerprint density at radius 2 is 1.50 bits per heavy atom. The molecule has 0 saturated heterocycles. The summed E-state index contributed by atoms with van der Waals surface area (Å²) in [5.41, 5.74) is 1.50. The molecular formula is C13H21B. The third-order valence-electron chi connectivity index (χ3n) is 2.76. The highest BCUT2D eigenvalue weighted by atomic mass is 13.9. The zero-order valence-electron chi connectivity index (χ0n) is 9.50. The first-order valence-corrected chi connectivity index (χ1v) is 5.90. The molecule has 1 rings (SSSR count). The molecule has 1 heteroatoms. The highest BCUT2D eigenvalue weighted by Gasteiger charge is 2.11. The molecule has 0 nitrogen and oxygen atoms in total. The van der Waals surface area contributed by atoms with E-state index in [0.717, 1.165) is 6.71 Å². The van der Waals surface area contributed by atoms with Crippen molar-refractivity contribution >= 4 is 6.71 Å². The van der Waals surface area contributed by atoms with Crippen molar-refractivity contribution in [3.8, 4) is 0 Å². The normalized spacial score (nSPS) is 10.1. The molecule has 0 aliphatic carbocycles. The molecule has 0 amide bonds. The summed E-state index contributed by atoms with van der Waals surface area (Å²) in [6, 6.07) is 10.9. The van der Waals surface area contributed by atoms with Crippen LogP contribution in [0.5, 0.6) is 0 Å². The Morgan fingerprint density at radius 1 is 0.929 bits per heavy atom. The van der Waals surface area contributed by atoms with E-state index in [1.165, 1.54) is 37.4 Å². The van der Waals surface area contributed by atoms with Crippen molar-refractivity contribution in [2.45, 2.75) is 45.6 Å². The van der Waals surface area contributed by atoms with Crippen LogP contribution in [-0.4, -0.2) is 6.71 Å². The average molecular weight is 188 g/mol. The first-order valence-electron chi connectivity index (χ1n) is 5.90. The first kappa shape index (κ1) is 11.4. The van der Waals surface area contributed by atoms with Crippen molar-refractivity contribution < 1.29 is 0 Å². The molecule has 0 radical (unpaired) electrons. The predicted molar refractivity (Wildman–Crippen MR) is 66.1 cm³/mol. The van der Waals surface area contributed by atoms with Gasteiger partial charge in [-0.1, -0.05) is 75.2 Å². The largest absolute Gasteiger partial charge is 0.144 e. The summed E-state index contributed by atoms with van der Waals surface area (Å²) >= 11 is 0. The minimum Gasteiger partial charge on any atom is -0.0741 e. The molecule has 0 N–H and O–H groups in total. The fraction of sp³-hybridized carbons (Fsp3) is 0.538. The van der Waals surface area contributed by atoms with Gasteiger partial charge in [-0.05, 0) is 6.32 Å². The summed E-state index contributed by atoms with van der Waals surface area (Å²) in [5.74, 6) is 0. The number of hydrogen-bond acceptors (Lipinski definition) is 0. The number of hydrogen-bond donors (Lipinski definition) is 0. The van der Waals surface area contributed by atoms with Gasteiger partial charge in [-0.25, -0.2) is 0 Å². The first-order chi connectivity index (χ1) is 6.86. The van der Waals surface area contributed by atoms with Crippen molar-refractivity contribution in [1.29, 1.82) is 0 Å². The zero-order chi connectivity index (χ0) is 10.2. The van der Waals surface area contributed by atoms with Crippen molar-refractivity contribution in [3.63, 3.8) is 0 Å². The molecule has 14 heavy (non-hydrogen) atoms. The Balaban J connectivity index is 2.46. The van der Waals surface area contributed by atoms with Crippen LogP contribution >= 0.6 is 0 Å². The Labute approximate surface area is 88.8 Å². The SMILES string of the molecule is CCCB(CCC)Cc1ccccc1. The maximum atomic E-state index is 2.29. The molecule has 0 fully saturated rings. The molecule has 0 saturated carbocycles. The molecule has 0 atom stereocenters. The smallest absolute Gasteiger partial charge is 0.0741 e. The maximum absolute atomic E-state index is 2.29. The Morgan fingerprint density at radius 3 is 2.00 bits per heavy atom. The Hall–Kier alpha value is -0.715. The van der Waals surface area contributed by atoms with Gasteiger partial charge >= 0.3 is 0 Å². The zero-order valence-corrected chi connectivity index (χ0v) is 9.50. The van der Waals surface area contributed by atoms with Crippen LogP contribution in [0.15, 0.2) is 30.3 Å². The van der Waals surface area contributed by atoms with E-state index in [1.54, 1.807) is 0 Å². The lowest BCUT2D eigenvalue weighted by Crippen LogP contribution is -2.15. The van der Waals surface area contributed by atoms with Crippen LogP contribution in [0.2, 0.25) is 12.6 Å². The highest BCUT2D eigenvalue weighted by Crippen LogP contribution is 2.12. The van der Waals surface area contributed by atoms with Gasteiger partial charge in [0.2, 0.25) is 0 Å². The van der Waals surface area contributed by atoms with Crippen LogP contribution in [0.4, 0.5) is 0 Å². The van der Waals surface area contributed by atoms with Gasteiger partial charge in [0, 0.05) is 0 Å². The predicted octanol–water partition coefficient (Wildman–Crippen LogP) is 4.08. The van der Waals surface area contributed by atoms with Gasteiger partial charge in [0.25, 0.3) is 0 Å². The third kappa shape index (κ3) is 4.00. The molecule has 76 valence electrons. The molecule has 1 aromatic carbocycles. The van der Waals surface area contributed by atoms with Crippen LogP contribution in [-0.2, 0) is 6.32 Å². The average Bonchev–Trinajstić information content (AvgIpc) is 2.20. The van der Waals surface area contributed by atoms with E-state index in [2.05, 4.69) is 44.2 Å². The van der Waals surface area contributed by atoms with E-state index < -0.39 is 0 Å². The molecule has 0 aliphatic rings. The van der Waals surface area contributed by atoms with Gasteiger partial charge in [0.1, 0.15) is 6.71 Å². The fourth-order valence-electron chi connectivity index (χ4n) is 2.11. The summed E-state index contributed by atoms with van der Waals surface area (Å²) in [5, 5.41) is 0. The Kier molecular flexibility index (Phi) is 5.43. The molecule has 0 spiro atoms. The quantitative estimate of drug-likeness (QED) is 0.590. The van der Waals surface area contributed by atoms with Gasteiger partial charge in [-0.2, -0.15) is 0 Å². The van der Waals surface area contributed by atoms with Gasteiger partial charge in [0.05, 0.1) is 0 Å². The maximum Gasteiger partial charge on any atom is 0.144 e. The molecule has 0 unspecified atom stereocenters. The van der Waals surface area contributed by atoms with Crippen molar-refractivity contribution in [1.82, 2.24) is 0 Å². The van der Waals surface area contributed by atoms with Crippen molar-refractivity contribution in [2.75, 3.05) is 0 Å². The third-order valence-corrected chi connectivity index (χ3v) is 2.76. The van der Waals surface area contributed by atoms with E-state index in [-0.39, 0.29) is 0 Å². The second-order valence-corrected chi connectivity index (χ2v) is 4.13. The fourth-order valence-corrected chi connectivity index (χ4v) is 2.11. The van der Waals surface area contributed by atoms with Gasteiger partial charge in [0.15, 0.2) is 0 Å². The van der Waals surface area contributed by atoms with Gasteiger partial charge < -0.3 is 0 Å². The van der Waals surface area contributed by atoms with Crippen LogP contribution in [0, 0.1) is 0 Å². The van der Waals surface area contributed by atoms with Gasteiger partial charge in [-0.3, -0.25) is 0 Å². The summed E-state index contributed by atoms with van der Waals surface area (Å²) in [4.78, 5) is 0. The minimum atomic E-state index is 0.896. The van der Waals surface area contributed by atoms with E-state index in [9.17, 15) is 0 Å². The number of benzene rings is 1. The van der Waals surface area contributed by atoms with E-state index >= 15 is 0 Å². The second kappa shape index (κ2) is 6.70. The van der Waals surface area contributed by atoms with E-state index in [4.69, 9.17) is 0 Å². The Bertz CT molecular complexity index is 224.